The number of phenols is 1. The summed E-state index contributed by atoms with van der Waals surface area (Å²) in [6.45, 7) is 7.26. The van der Waals surface area contributed by atoms with Gasteiger partial charge in [-0.2, -0.15) is 0 Å². The number of aromatic amines is 1. The minimum absolute atomic E-state index is 0.0384. The highest BCUT2D eigenvalue weighted by atomic mass is 16.5. The van der Waals surface area contributed by atoms with Crippen LogP contribution in [0.1, 0.15) is 58.4 Å². The van der Waals surface area contributed by atoms with Crippen LogP contribution in [0, 0.1) is 16.7 Å². The van der Waals surface area contributed by atoms with E-state index in [-0.39, 0.29) is 41.0 Å². The van der Waals surface area contributed by atoms with Gasteiger partial charge in [0.05, 0.1) is 0 Å². The number of aromatic nitrogens is 1. The molecule has 2 aromatic rings. The maximum Gasteiger partial charge on any atom is 0.329 e. The zero-order valence-corrected chi connectivity index (χ0v) is 20.7. The third-order valence-electron chi connectivity index (χ3n) is 9.52. The Morgan fingerprint density at radius 3 is 2.80 bits per heavy atom. The minimum atomic E-state index is -0.818. The predicted octanol–water partition coefficient (Wildman–Crippen LogP) is 3.28. The Balaban J connectivity index is 1.31. The normalized spacial score (nSPS) is 29.9. The second kappa shape index (κ2) is 8.57. The van der Waals surface area contributed by atoms with E-state index in [0.717, 1.165) is 35.7 Å². The lowest BCUT2D eigenvalue weighted by Gasteiger charge is -2.39. The first kappa shape index (κ1) is 23.7. The Morgan fingerprint density at radius 1 is 1.31 bits per heavy atom. The Labute approximate surface area is 205 Å². The molecule has 35 heavy (non-hydrogen) atoms. The van der Waals surface area contributed by atoms with Crippen LogP contribution in [0.2, 0.25) is 0 Å². The minimum Gasteiger partial charge on any atom is -0.508 e. The number of esters is 1. The quantitative estimate of drug-likeness (QED) is 0.415. The number of phenolic OH excluding ortho intramolecular Hbond substituents is 1. The monoisotopic (exact) mass is 481 g/mol. The molecule has 0 radical (unpaired) electrons. The molecule has 1 aliphatic heterocycles. The first-order valence-electron chi connectivity index (χ1n) is 12.7. The van der Waals surface area contributed by atoms with Gasteiger partial charge in [0.15, 0.2) is 0 Å². The molecule has 2 bridgehead atoms. The summed E-state index contributed by atoms with van der Waals surface area (Å²) in [5, 5.41) is 13.3. The number of carbonyl (C=O) groups is 3. The van der Waals surface area contributed by atoms with Crippen LogP contribution >= 0.6 is 0 Å². The first-order chi connectivity index (χ1) is 16.7. The fraction of sp³-hybridized carbons (Fsp3) is 0.593. The zero-order valence-electron chi connectivity index (χ0n) is 20.7. The van der Waals surface area contributed by atoms with E-state index in [4.69, 9.17) is 4.74 Å². The van der Waals surface area contributed by atoms with Gasteiger partial charge in [-0.25, -0.2) is 4.79 Å². The van der Waals surface area contributed by atoms with Crippen molar-refractivity contribution in [3.8, 4) is 5.75 Å². The molecule has 8 heteroatoms. The number of hydrogen-bond acceptors (Lipinski definition) is 5. The summed E-state index contributed by atoms with van der Waals surface area (Å²) < 4.78 is 6.11. The van der Waals surface area contributed by atoms with Crippen molar-refractivity contribution in [2.24, 2.45) is 16.7 Å². The predicted molar refractivity (Wildman–Crippen MR) is 130 cm³/mol. The standard InChI is InChI=1S/C27H35N3O5/c1-26(2)17-8-9-27(26,3)23(12-17)35-25(34)22-5-4-10-30(22)24(33)21(29-15-31)11-16-14-28-20-7-6-18(32)13-19(16)20/h6-7,13-15,17,21-23,28,32H,4-5,8-12H2,1-3H3,(H,29,31). The van der Waals surface area contributed by atoms with Gasteiger partial charge in [0.1, 0.15) is 23.9 Å². The molecule has 5 unspecified atom stereocenters. The summed E-state index contributed by atoms with van der Waals surface area (Å²) in [6.07, 6.45) is 6.84. The lowest BCUT2D eigenvalue weighted by Crippen LogP contribution is -2.52. The van der Waals surface area contributed by atoms with E-state index < -0.39 is 12.1 Å². The van der Waals surface area contributed by atoms with Crippen molar-refractivity contribution in [3.63, 3.8) is 0 Å². The SMILES string of the molecule is CC1(C)C2CCC1(C)C(OC(=O)C1CCCN1C(=O)C(Cc1c[nH]c3ccc(O)cc13)NC=O)C2. The number of fused-ring (bicyclic) bond motifs is 3. The average molecular weight is 482 g/mol. The van der Waals surface area contributed by atoms with Gasteiger partial charge in [-0.15, -0.1) is 0 Å². The molecule has 2 saturated carbocycles. The lowest BCUT2D eigenvalue weighted by molar-refractivity contribution is -0.165. The van der Waals surface area contributed by atoms with Crippen molar-refractivity contribution in [1.82, 2.24) is 15.2 Å². The first-order valence-corrected chi connectivity index (χ1v) is 12.7. The molecule has 1 aromatic carbocycles. The van der Waals surface area contributed by atoms with Crippen LogP contribution in [-0.2, 0) is 25.5 Å². The van der Waals surface area contributed by atoms with Crippen molar-refractivity contribution in [3.05, 3.63) is 30.0 Å². The summed E-state index contributed by atoms with van der Waals surface area (Å²) >= 11 is 0. The second-order valence-electron chi connectivity index (χ2n) is 11.3. The highest BCUT2D eigenvalue weighted by Gasteiger charge is 2.63. The topological polar surface area (TPSA) is 112 Å². The third kappa shape index (κ3) is 3.78. The number of nitrogens with zero attached hydrogens (tertiary/aromatic N) is 1. The van der Waals surface area contributed by atoms with Crippen LogP contribution < -0.4 is 5.32 Å². The number of ether oxygens (including phenoxy) is 1. The average Bonchev–Trinajstić information content (AvgIpc) is 3.55. The number of amides is 2. The fourth-order valence-corrected chi connectivity index (χ4v) is 6.86. The molecular weight excluding hydrogens is 446 g/mol. The summed E-state index contributed by atoms with van der Waals surface area (Å²) in [4.78, 5) is 43.0. The Hall–Kier alpha value is -3.03. The van der Waals surface area contributed by atoms with Crippen molar-refractivity contribution in [2.45, 2.75) is 77.5 Å². The molecule has 2 heterocycles. The second-order valence-corrected chi connectivity index (χ2v) is 11.3. The number of aromatic hydroxyl groups is 1. The summed E-state index contributed by atoms with van der Waals surface area (Å²) in [5.74, 6) is 0.0747. The zero-order chi connectivity index (χ0) is 25.0. The van der Waals surface area contributed by atoms with E-state index in [1.54, 1.807) is 29.3 Å². The van der Waals surface area contributed by atoms with E-state index in [2.05, 4.69) is 31.1 Å². The van der Waals surface area contributed by atoms with Gasteiger partial charge in [0.2, 0.25) is 12.3 Å². The van der Waals surface area contributed by atoms with Gasteiger partial charge >= 0.3 is 5.97 Å². The van der Waals surface area contributed by atoms with Gasteiger partial charge in [-0.05, 0) is 67.2 Å². The smallest absolute Gasteiger partial charge is 0.329 e. The van der Waals surface area contributed by atoms with Gasteiger partial charge < -0.3 is 25.0 Å². The molecule has 2 aliphatic carbocycles. The van der Waals surface area contributed by atoms with Crippen molar-refractivity contribution >= 4 is 29.2 Å². The summed E-state index contributed by atoms with van der Waals surface area (Å²) in [7, 11) is 0. The van der Waals surface area contributed by atoms with E-state index in [9.17, 15) is 19.5 Å². The van der Waals surface area contributed by atoms with Crippen LogP contribution in [0.15, 0.2) is 24.4 Å². The van der Waals surface area contributed by atoms with Crippen LogP contribution in [0.4, 0.5) is 0 Å². The van der Waals surface area contributed by atoms with Crippen LogP contribution in [0.5, 0.6) is 5.75 Å². The van der Waals surface area contributed by atoms with E-state index in [0.29, 0.717) is 25.3 Å². The number of hydrogen-bond donors (Lipinski definition) is 3. The molecule has 3 aliphatic rings. The lowest BCUT2D eigenvalue weighted by atomic mass is 9.70. The van der Waals surface area contributed by atoms with Gasteiger partial charge in [0.25, 0.3) is 0 Å². The maximum absolute atomic E-state index is 13.5. The Bertz CT molecular complexity index is 1160. The number of rotatable bonds is 7. The van der Waals surface area contributed by atoms with Crippen molar-refractivity contribution < 1.29 is 24.2 Å². The number of likely N-dealkylation sites (tertiary alicyclic amines) is 1. The fourth-order valence-electron chi connectivity index (χ4n) is 6.86. The van der Waals surface area contributed by atoms with Crippen LogP contribution in [-0.4, -0.2) is 58.0 Å². The Kier molecular flexibility index (Phi) is 5.80. The summed E-state index contributed by atoms with van der Waals surface area (Å²) in [5.41, 5.74) is 1.73. The van der Waals surface area contributed by atoms with Gasteiger partial charge in [-0.3, -0.25) is 9.59 Å². The molecule has 3 N–H and O–H groups in total. The molecular formula is C27H35N3O5. The molecule has 0 spiro atoms. The highest BCUT2D eigenvalue weighted by Crippen LogP contribution is 2.66. The molecule has 8 nitrogen and oxygen atoms in total. The van der Waals surface area contributed by atoms with Crippen LogP contribution in [0.25, 0.3) is 10.9 Å². The third-order valence-corrected chi connectivity index (χ3v) is 9.52. The molecule has 2 amide bonds. The van der Waals surface area contributed by atoms with E-state index >= 15 is 0 Å². The number of nitrogens with one attached hydrogen (secondary N) is 2. The molecule has 5 atom stereocenters. The number of H-pyrrole nitrogens is 1. The van der Waals surface area contributed by atoms with Crippen LogP contribution in [0.3, 0.4) is 0 Å². The van der Waals surface area contributed by atoms with Crippen molar-refractivity contribution in [1.29, 1.82) is 0 Å². The largest absolute Gasteiger partial charge is 0.508 e. The molecule has 1 saturated heterocycles. The Morgan fingerprint density at radius 2 is 2.11 bits per heavy atom. The van der Waals surface area contributed by atoms with Crippen molar-refractivity contribution in [2.75, 3.05) is 6.54 Å². The van der Waals surface area contributed by atoms with Gasteiger partial charge in [-0.1, -0.05) is 20.8 Å². The van der Waals surface area contributed by atoms with Gasteiger partial charge in [0, 0.05) is 35.5 Å². The number of benzene rings is 1. The van der Waals surface area contributed by atoms with E-state index in [1.165, 1.54) is 6.42 Å². The van der Waals surface area contributed by atoms with E-state index in [1.807, 2.05) is 0 Å². The maximum atomic E-state index is 13.5. The molecule has 3 fully saturated rings. The summed E-state index contributed by atoms with van der Waals surface area (Å²) in [6, 6.07) is 3.55. The molecule has 1 aromatic heterocycles. The molecule has 5 rings (SSSR count). The highest BCUT2D eigenvalue weighted by molar-refractivity contribution is 5.91. The molecule has 188 valence electrons. The number of carbonyl (C=O) groups excluding carboxylic acids is 3.